The summed E-state index contributed by atoms with van der Waals surface area (Å²) in [5.74, 6) is 0.0752. The lowest BCUT2D eigenvalue weighted by molar-refractivity contribution is -0.117. The van der Waals surface area contributed by atoms with Crippen LogP contribution in [-0.2, 0) is 27.7 Å². The summed E-state index contributed by atoms with van der Waals surface area (Å²) in [6.45, 7) is 0.675. The summed E-state index contributed by atoms with van der Waals surface area (Å²) in [7, 11) is -3.72. The minimum absolute atomic E-state index is 0.0752. The van der Waals surface area contributed by atoms with Crippen molar-refractivity contribution in [3.05, 3.63) is 84.2 Å². The van der Waals surface area contributed by atoms with E-state index < -0.39 is 10.0 Å². The van der Waals surface area contributed by atoms with Crippen LogP contribution in [0.15, 0.2) is 77.8 Å². The van der Waals surface area contributed by atoms with Gasteiger partial charge in [0.25, 0.3) is 10.0 Å². The van der Waals surface area contributed by atoms with E-state index in [-0.39, 0.29) is 10.8 Å². The number of anilines is 2. The molecule has 1 aliphatic heterocycles. The molecule has 0 bridgehead atoms. The predicted octanol–water partition coefficient (Wildman–Crippen LogP) is 3.79. The maximum Gasteiger partial charge on any atom is 0.261 e. The smallest absolute Gasteiger partial charge is 0.261 e. The Kier molecular flexibility index (Phi) is 5.81. The molecule has 1 fully saturated rings. The van der Waals surface area contributed by atoms with Crippen LogP contribution in [0.5, 0.6) is 0 Å². The van der Waals surface area contributed by atoms with Crippen molar-refractivity contribution >= 4 is 27.3 Å². The quantitative estimate of drug-likeness (QED) is 0.629. The van der Waals surface area contributed by atoms with E-state index in [2.05, 4.69) is 9.71 Å². The normalized spacial score (nSPS) is 14.1. The molecular weight excluding hydrogens is 398 g/mol. The SMILES string of the molecule is O=C1CCCN1c1ccc(S(=O)(=O)Nc2cccc(CCc3ccccn3)c2)cc1. The van der Waals surface area contributed by atoms with E-state index in [1.807, 2.05) is 36.4 Å². The van der Waals surface area contributed by atoms with Crippen LogP contribution in [0.1, 0.15) is 24.1 Å². The summed E-state index contributed by atoms with van der Waals surface area (Å²) in [5, 5.41) is 0. The molecule has 154 valence electrons. The molecule has 1 N–H and O–H groups in total. The summed E-state index contributed by atoms with van der Waals surface area (Å²) in [6.07, 6.45) is 4.69. The number of hydrogen-bond acceptors (Lipinski definition) is 4. The summed E-state index contributed by atoms with van der Waals surface area (Å²) >= 11 is 0. The van der Waals surface area contributed by atoms with Gasteiger partial charge in [-0.2, -0.15) is 0 Å². The first-order valence-electron chi connectivity index (χ1n) is 9.93. The molecule has 1 aromatic heterocycles. The Balaban J connectivity index is 1.44. The Hall–Kier alpha value is -3.19. The number of aromatic nitrogens is 1. The first kappa shape index (κ1) is 20.1. The average molecular weight is 422 g/mol. The van der Waals surface area contributed by atoms with E-state index in [1.165, 1.54) is 12.1 Å². The van der Waals surface area contributed by atoms with E-state index >= 15 is 0 Å². The van der Waals surface area contributed by atoms with Gasteiger partial charge in [0.1, 0.15) is 0 Å². The zero-order valence-electron chi connectivity index (χ0n) is 16.5. The van der Waals surface area contributed by atoms with E-state index in [0.717, 1.165) is 36.2 Å². The predicted molar refractivity (Wildman–Crippen MR) is 117 cm³/mol. The number of carbonyl (C=O) groups is 1. The monoisotopic (exact) mass is 421 g/mol. The number of hydrogen-bond donors (Lipinski definition) is 1. The number of pyridine rings is 1. The summed E-state index contributed by atoms with van der Waals surface area (Å²) in [5.41, 5.74) is 3.28. The molecule has 0 radical (unpaired) electrons. The summed E-state index contributed by atoms with van der Waals surface area (Å²) in [4.78, 5) is 18.0. The van der Waals surface area contributed by atoms with Crippen LogP contribution in [0.25, 0.3) is 0 Å². The van der Waals surface area contributed by atoms with Crippen molar-refractivity contribution in [3.8, 4) is 0 Å². The second-order valence-electron chi connectivity index (χ2n) is 7.27. The zero-order chi connectivity index (χ0) is 21.0. The topological polar surface area (TPSA) is 79.4 Å². The third-order valence-electron chi connectivity index (χ3n) is 5.11. The molecule has 4 rings (SSSR count). The van der Waals surface area contributed by atoms with Crippen molar-refractivity contribution in [2.45, 2.75) is 30.6 Å². The third kappa shape index (κ3) is 4.68. The van der Waals surface area contributed by atoms with Crippen LogP contribution in [0.4, 0.5) is 11.4 Å². The van der Waals surface area contributed by atoms with E-state index in [9.17, 15) is 13.2 Å². The fraction of sp³-hybridized carbons (Fsp3) is 0.217. The highest BCUT2D eigenvalue weighted by atomic mass is 32.2. The van der Waals surface area contributed by atoms with Crippen LogP contribution in [0.2, 0.25) is 0 Å². The molecule has 0 aliphatic carbocycles. The van der Waals surface area contributed by atoms with Crippen LogP contribution in [0, 0.1) is 0 Å². The second kappa shape index (κ2) is 8.67. The molecule has 1 amide bonds. The molecule has 1 aliphatic rings. The van der Waals surface area contributed by atoms with E-state index in [1.54, 1.807) is 29.3 Å². The number of sulfonamides is 1. The second-order valence-corrected chi connectivity index (χ2v) is 8.95. The Bertz CT molecular complexity index is 1130. The number of carbonyl (C=O) groups excluding carboxylic acids is 1. The number of rotatable bonds is 7. The highest BCUT2D eigenvalue weighted by Crippen LogP contribution is 2.24. The lowest BCUT2D eigenvalue weighted by atomic mass is 10.1. The van der Waals surface area contributed by atoms with Gasteiger partial charge in [-0.25, -0.2) is 8.42 Å². The van der Waals surface area contributed by atoms with Crippen LogP contribution < -0.4 is 9.62 Å². The molecular formula is C23H23N3O3S. The van der Waals surface area contributed by atoms with Crippen molar-refractivity contribution in [1.82, 2.24) is 4.98 Å². The van der Waals surface area contributed by atoms with Gasteiger partial charge in [0.15, 0.2) is 0 Å². The summed E-state index contributed by atoms with van der Waals surface area (Å²) in [6, 6.07) is 19.6. The summed E-state index contributed by atoms with van der Waals surface area (Å²) < 4.78 is 28.2. The largest absolute Gasteiger partial charge is 0.312 e. The van der Waals surface area contributed by atoms with Gasteiger partial charge in [-0.1, -0.05) is 18.2 Å². The number of nitrogens with one attached hydrogen (secondary N) is 1. The zero-order valence-corrected chi connectivity index (χ0v) is 17.3. The van der Waals surface area contributed by atoms with Gasteiger partial charge in [-0.15, -0.1) is 0 Å². The van der Waals surface area contributed by atoms with Crippen molar-refractivity contribution in [2.75, 3.05) is 16.2 Å². The molecule has 0 atom stereocenters. The molecule has 2 aromatic carbocycles. The van der Waals surface area contributed by atoms with Gasteiger partial charge < -0.3 is 4.90 Å². The first-order chi connectivity index (χ1) is 14.5. The standard InChI is InChI=1S/C23H23N3O3S/c27-23-8-4-16-26(23)21-11-13-22(14-12-21)30(28,29)25-20-7-3-5-18(17-20)9-10-19-6-1-2-15-24-19/h1-3,5-7,11-15,17,25H,4,8-10,16H2. The Morgan fingerprint density at radius 3 is 2.50 bits per heavy atom. The fourth-order valence-corrected chi connectivity index (χ4v) is 4.60. The highest BCUT2D eigenvalue weighted by molar-refractivity contribution is 7.92. The molecule has 0 saturated carbocycles. The van der Waals surface area contributed by atoms with Crippen LogP contribution in [0.3, 0.4) is 0 Å². The number of benzene rings is 2. The number of amides is 1. The Morgan fingerprint density at radius 1 is 0.967 bits per heavy atom. The van der Waals surface area contributed by atoms with E-state index in [0.29, 0.717) is 18.7 Å². The van der Waals surface area contributed by atoms with Gasteiger partial charge in [0.2, 0.25) is 5.91 Å². The van der Waals surface area contributed by atoms with Gasteiger partial charge in [-0.05, 0) is 73.4 Å². The molecule has 3 aromatic rings. The first-order valence-corrected chi connectivity index (χ1v) is 11.4. The highest BCUT2D eigenvalue weighted by Gasteiger charge is 2.22. The van der Waals surface area contributed by atoms with Gasteiger partial charge in [-0.3, -0.25) is 14.5 Å². The maximum atomic E-state index is 12.8. The van der Waals surface area contributed by atoms with Gasteiger partial charge in [0.05, 0.1) is 4.90 Å². The molecule has 1 saturated heterocycles. The third-order valence-corrected chi connectivity index (χ3v) is 6.50. The Morgan fingerprint density at radius 2 is 1.80 bits per heavy atom. The van der Waals surface area contributed by atoms with Gasteiger partial charge in [0, 0.05) is 36.2 Å². The average Bonchev–Trinajstić information content (AvgIpc) is 3.19. The van der Waals surface area contributed by atoms with Crippen molar-refractivity contribution in [2.24, 2.45) is 0 Å². The fourth-order valence-electron chi connectivity index (χ4n) is 3.55. The minimum atomic E-state index is -3.72. The molecule has 2 heterocycles. The number of aryl methyl sites for hydroxylation is 2. The van der Waals surface area contributed by atoms with Crippen LogP contribution >= 0.6 is 0 Å². The van der Waals surface area contributed by atoms with Crippen molar-refractivity contribution < 1.29 is 13.2 Å². The van der Waals surface area contributed by atoms with Crippen molar-refractivity contribution in [1.29, 1.82) is 0 Å². The maximum absolute atomic E-state index is 12.8. The molecule has 7 heteroatoms. The van der Waals surface area contributed by atoms with Crippen molar-refractivity contribution in [3.63, 3.8) is 0 Å². The lowest BCUT2D eigenvalue weighted by Crippen LogP contribution is -2.23. The Labute approximate surface area is 176 Å². The van der Waals surface area contributed by atoms with Crippen LogP contribution in [-0.4, -0.2) is 25.9 Å². The molecule has 30 heavy (non-hydrogen) atoms. The van der Waals surface area contributed by atoms with Gasteiger partial charge >= 0.3 is 0 Å². The lowest BCUT2D eigenvalue weighted by Gasteiger charge is -2.16. The molecule has 6 nitrogen and oxygen atoms in total. The van der Waals surface area contributed by atoms with E-state index in [4.69, 9.17) is 0 Å². The minimum Gasteiger partial charge on any atom is -0.312 e. The molecule has 0 spiro atoms. The number of nitrogens with zero attached hydrogens (tertiary/aromatic N) is 2. The molecule has 0 unspecified atom stereocenters.